The van der Waals surface area contributed by atoms with Gasteiger partial charge in [-0.3, -0.25) is 0 Å². The van der Waals surface area contributed by atoms with Gasteiger partial charge in [0.2, 0.25) is 5.39 Å². The number of rotatable bonds is 2. The van der Waals surface area contributed by atoms with E-state index in [0.717, 1.165) is 22.1 Å². The number of nitrogens with zero attached hydrogens (tertiary/aromatic N) is 4. The molecule has 0 aliphatic carbocycles. The summed E-state index contributed by atoms with van der Waals surface area (Å²) in [6, 6.07) is 20.7. The fourth-order valence-corrected chi connectivity index (χ4v) is 2.05. The summed E-state index contributed by atoms with van der Waals surface area (Å²) < 4.78 is 0. The molecule has 5 heteroatoms. The van der Waals surface area contributed by atoms with Crippen molar-refractivity contribution in [3.05, 3.63) is 71.7 Å². The minimum Gasteiger partial charge on any atom is -1.00 e. The summed E-state index contributed by atoms with van der Waals surface area (Å²) in [7, 11) is 0. The number of hydrogen-bond donors (Lipinski definition) is 0. The lowest BCUT2D eigenvalue weighted by atomic mass is 10.1. The van der Waals surface area contributed by atoms with Crippen molar-refractivity contribution in [1.82, 2.24) is 0 Å². The summed E-state index contributed by atoms with van der Waals surface area (Å²) in [6.07, 6.45) is 0. The SMILES string of the molecule is N#[N+]c1ccc(N=Nc2ccccc2)c2ccccc12.[Cl-]. The molecule has 0 bridgehead atoms. The molecular formula is C16H11ClN4. The molecule has 3 rings (SSSR count). The van der Waals surface area contributed by atoms with Gasteiger partial charge in [0.25, 0.3) is 0 Å². The average Bonchev–Trinajstić information content (AvgIpc) is 2.53. The standard InChI is InChI=1S/C16H11N4.ClH/c17-18-15-10-11-16(14-9-5-4-8-13(14)15)20-19-12-6-2-1-3-7-12;/h1-11H;1H/q+1;/p-1. The second-order valence-electron chi connectivity index (χ2n) is 4.28. The van der Waals surface area contributed by atoms with Crippen LogP contribution in [0.15, 0.2) is 77.0 Å². The third-order valence-corrected chi connectivity index (χ3v) is 3.02. The van der Waals surface area contributed by atoms with Crippen LogP contribution < -0.4 is 12.4 Å². The molecule has 0 saturated carbocycles. The molecule has 0 aliphatic heterocycles. The van der Waals surface area contributed by atoms with Crippen LogP contribution in [0.3, 0.4) is 0 Å². The average molecular weight is 295 g/mol. The van der Waals surface area contributed by atoms with Crippen molar-refractivity contribution >= 4 is 27.8 Å². The first-order valence-electron chi connectivity index (χ1n) is 6.22. The predicted octanol–water partition coefficient (Wildman–Crippen LogP) is 2.74. The lowest BCUT2D eigenvalue weighted by Gasteiger charge is -1.98. The van der Waals surface area contributed by atoms with Crippen molar-refractivity contribution in [2.45, 2.75) is 0 Å². The van der Waals surface area contributed by atoms with E-state index in [1.807, 2.05) is 54.6 Å². The minimum atomic E-state index is 0. The molecule has 0 saturated heterocycles. The van der Waals surface area contributed by atoms with E-state index in [1.165, 1.54) is 0 Å². The van der Waals surface area contributed by atoms with E-state index >= 15 is 0 Å². The first-order valence-corrected chi connectivity index (χ1v) is 6.22. The molecule has 0 spiro atoms. The Bertz CT molecular complexity index is 823. The highest BCUT2D eigenvalue weighted by Gasteiger charge is 2.13. The summed E-state index contributed by atoms with van der Waals surface area (Å²) in [5.74, 6) is 0. The highest BCUT2D eigenvalue weighted by Crippen LogP contribution is 2.34. The second-order valence-corrected chi connectivity index (χ2v) is 4.28. The molecule has 3 aromatic carbocycles. The van der Waals surface area contributed by atoms with Crippen molar-refractivity contribution in [3.63, 3.8) is 0 Å². The number of fused-ring (bicyclic) bond motifs is 1. The molecule has 0 unspecified atom stereocenters. The van der Waals surface area contributed by atoms with Crippen molar-refractivity contribution in [2.24, 2.45) is 10.2 Å². The summed E-state index contributed by atoms with van der Waals surface area (Å²) in [4.78, 5) is 3.29. The van der Waals surface area contributed by atoms with Crippen LogP contribution in [0.2, 0.25) is 0 Å². The summed E-state index contributed by atoms with van der Waals surface area (Å²) >= 11 is 0. The normalized spacial score (nSPS) is 10.2. The number of benzene rings is 3. The maximum absolute atomic E-state index is 9.01. The number of hydrogen-bond acceptors (Lipinski definition) is 3. The van der Waals surface area contributed by atoms with Gasteiger partial charge in [0.15, 0.2) is 4.98 Å². The van der Waals surface area contributed by atoms with Crippen molar-refractivity contribution in [2.75, 3.05) is 0 Å². The molecule has 0 radical (unpaired) electrons. The fourth-order valence-electron chi connectivity index (χ4n) is 2.05. The Morgan fingerprint density at radius 1 is 0.714 bits per heavy atom. The van der Waals surface area contributed by atoms with E-state index in [-0.39, 0.29) is 12.4 Å². The van der Waals surface area contributed by atoms with Gasteiger partial charge in [-0.25, -0.2) is 0 Å². The van der Waals surface area contributed by atoms with E-state index in [1.54, 1.807) is 12.1 Å². The van der Waals surface area contributed by atoms with Crippen molar-refractivity contribution in [1.29, 1.82) is 5.39 Å². The van der Waals surface area contributed by atoms with Crippen LogP contribution in [0.4, 0.5) is 17.1 Å². The molecule has 3 aromatic rings. The lowest BCUT2D eigenvalue weighted by molar-refractivity contribution is -0.00000417. The van der Waals surface area contributed by atoms with E-state index in [9.17, 15) is 0 Å². The number of azo groups is 1. The predicted molar refractivity (Wildman–Crippen MR) is 79.3 cm³/mol. The zero-order valence-electron chi connectivity index (χ0n) is 11.0. The van der Waals surface area contributed by atoms with E-state index < -0.39 is 0 Å². The van der Waals surface area contributed by atoms with E-state index in [2.05, 4.69) is 15.2 Å². The van der Waals surface area contributed by atoms with Gasteiger partial charge in [-0.2, -0.15) is 5.11 Å². The molecule has 0 atom stereocenters. The monoisotopic (exact) mass is 294 g/mol. The molecule has 21 heavy (non-hydrogen) atoms. The van der Waals surface area contributed by atoms with Crippen LogP contribution in [0.5, 0.6) is 0 Å². The van der Waals surface area contributed by atoms with E-state index in [4.69, 9.17) is 5.39 Å². The molecule has 0 fully saturated rings. The van der Waals surface area contributed by atoms with Crippen molar-refractivity contribution in [3.8, 4) is 0 Å². The Morgan fingerprint density at radius 3 is 2.10 bits per heavy atom. The quantitative estimate of drug-likeness (QED) is 0.529. The van der Waals surface area contributed by atoms with Crippen LogP contribution >= 0.6 is 0 Å². The van der Waals surface area contributed by atoms with Crippen LogP contribution in [0, 0.1) is 5.39 Å². The third-order valence-electron chi connectivity index (χ3n) is 3.02. The Kier molecular flexibility index (Phi) is 4.60. The molecule has 0 N–H and O–H groups in total. The maximum Gasteiger partial charge on any atom is 0.392 e. The number of halogens is 1. The van der Waals surface area contributed by atoms with Gasteiger partial charge >= 0.3 is 5.69 Å². The largest absolute Gasteiger partial charge is 1.00 e. The van der Waals surface area contributed by atoms with Gasteiger partial charge in [0.1, 0.15) is 0 Å². The highest BCUT2D eigenvalue weighted by molar-refractivity contribution is 6.00. The molecule has 4 nitrogen and oxygen atoms in total. The Morgan fingerprint density at radius 2 is 1.38 bits per heavy atom. The fraction of sp³-hybridized carbons (Fsp3) is 0. The van der Waals surface area contributed by atoms with Gasteiger partial charge < -0.3 is 12.4 Å². The molecule has 102 valence electrons. The number of diazo groups is 1. The molecule has 0 aliphatic rings. The summed E-state index contributed by atoms with van der Waals surface area (Å²) in [5.41, 5.74) is 2.07. The van der Waals surface area contributed by atoms with Gasteiger partial charge in [0.05, 0.1) is 16.8 Å². The molecule has 0 aromatic heterocycles. The van der Waals surface area contributed by atoms with Gasteiger partial charge in [0, 0.05) is 11.5 Å². The minimum absolute atomic E-state index is 0. The third kappa shape index (κ3) is 3.04. The molecular weight excluding hydrogens is 284 g/mol. The highest BCUT2D eigenvalue weighted by atomic mass is 35.5. The van der Waals surface area contributed by atoms with Crippen molar-refractivity contribution < 1.29 is 12.4 Å². The topological polar surface area (TPSA) is 52.9 Å². The summed E-state index contributed by atoms with van der Waals surface area (Å²) in [5, 5.41) is 19.3. The molecule has 0 heterocycles. The maximum atomic E-state index is 9.01. The second kappa shape index (κ2) is 6.60. The van der Waals surface area contributed by atoms with E-state index in [0.29, 0.717) is 5.69 Å². The smallest absolute Gasteiger partial charge is 0.392 e. The summed E-state index contributed by atoms with van der Waals surface area (Å²) in [6.45, 7) is 0. The zero-order valence-corrected chi connectivity index (χ0v) is 11.8. The van der Waals surface area contributed by atoms with Gasteiger partial charge in [-0.05, 0) is 24.3 Å². The first kappa shape index (κ1) is 14.6. The Hall–Kier alpha value is -2.77. The first-order chi connectivity index (χ1) is 9.88. The van der Waals surface area contributed by atoms with Crippen LogP contribution in [-0.4, -0.2) is 0 Å². The van der Waals surface area contributed by atoms with Crippen LogP contribution in [0.25, 0.3) is 15.7 Å². The van der Waals surface area contributed by atoms with Crippen LogP contribution in [0.1, 0.15) is 0 Å². The Balaban J connectivity index is 0.00000161. The Labute approximate surface area is 128 Å². The lowest BCUT2D eigenvalue weighted by Crippen LogP contribution is -3.00. The van der Waals surface area contributed by atoms with Gasteiger partial charge in [-0.1, -0.05) is 36.4 Å². The van der Waals surface area contributed by atoms with Crippen LogP contribution in [-0.2, 0) is 0 Å². The molecule has 0 amide bonds. The zero-order chi connectivity index (χ0) is 13.8. The van der Waals surface area contributed by atoms with Gasteiger partial charge in [-0.15, -0.1) is 5.11 Å².